The number of hydrogen-bond donors (Lipinski definition) is 0. The van der Waals surface area contributed by atoms with Crippen molar-refractivity contribution in [1.29, 1.82) is 0 Å². The fraction of sp³-hybridized carbons (Fsp3) is 0.619. The van der Waals surface area contributed by atoms with Gasteiger partial charge in [0.2, 0.25) is 0 Å². The van der Waals surface area contributed by atoms with Crippen LogP contribution in [-0.4, -0.2) is 80.8 Å². The zero-order chi connectivity index (χ0) is 23.6. The maximum atomic E-state index is 13.1. The lowest BCUT2D eigenvalue weighted by molar-refractivity contribution is -0.140. The molecule has 9 nitrogen and oxygen atoms in total. The van der Waals surface area contributed by atoms with Gasteiger partial charge in [-0.3, -0.25) is 9.58 Å². The Balaban J connectivity index is 1.58. The fourth-order valence-electron chi connectivity index (χ4n) is 4.17. The van der Waals surface area contributed by atoms with Gasteiger partial charge in [0.25, 0.3) is 0 Å². The van der Waals surface area contributed by atoms with E-state index >= 15 is 0 Å². The molecule has 0 unspecified atom stereocenters. The molecule has 1 aliphatic rings. The van der Waals surface area contributed by atoms with E-state index in [1.54, 1.807) is 13.3 Å². The van der Waals surface area contributed by atoms with Crippen molar-refractivity contribution in [2.45, 2.75) is 38.0 Å². The summed E-state index contributed by atoms with van der Waals surface area (Å²) in [6.07, 6.45) is 0.283. The highest BCUT2D eigenvalue weighted by molar-refractivity contribution is 5.83. The molecular weight excluding hydrogens is 437 g/mol. The Morgan fingerprint density at radius 1 is 1.21 bits per heavy atom. The molecule has 0 radical (unpaired) electrons. The quantitative estimate of drug-likeness (QED) is 0.505. The lowest BCUT2D eigenvalue weighted by Gasteiger charge is -2.31. The first-order valence-corrected chi connectivity index (χ1v) is 10.9. The number of ether oxygens (including phenoxy) is 1. The van der Waals surface area contributed by atoms with E-state index in [1.807, 2.05) is 29.7 Å². The van der Waals surface area contributed by atoms with Gasteiger partial charge in [-0.05, 0) is 32.0 Å². The van der Waals surface area contributed by atoms with Crippen LogP contribution in [0.3, 0.4) is 0 Å². The molecule has 0 aliphatic carbocycles. The SMILES string of the molecule is COCCN(C)c1nc(C2CCN(Cc3ccnn3C)CC2)nc2c1ncn2CC(F)(F)F. The van der Waals surface area contributed by atoms with Crippen LogP contribution in [0, 0.1) is 0 Å². The second-order valence-electron chi connectivity index (χ2n) is 8.48. The van der Waals surface area contributed by atoms with Crippen LogP contribution in [0.4, 0.5) is 19.0 Å². The number of nitrogens with zero attached hydrogens (tertiary/aromatic N) is 8. The number of imidazole rings is 1. The monoisotopic (exact) mass is 466 g/mol. The van der Waals surface area contributed by atoms with E-state index in [-0.39, 0.29) is 11.6 Å². The molecule has 0 spiro atoms. The molecule has 0 N–H and O–H groups in total. The van der Waals surface area contributed by atoms with Crippen LogP contribution in [0.5, 0.6) is 0 Å². The smallest absolute Gasteiger partial charge is 0.383 e. The molecule has 1 aliphatic heterocycles. The Morgan fingerprint density at radius 2 is 1.97 bits per heavy atom. The number of halogens is 3. The summed E-state index contributed by atoms with van der Waals surface area (Å²) < 4.78 is 47.5. The zero-order valence-corrected chi connectivity index (χ0v) is 19.1. The summed E-state index contributed by atoms with van der Waals surface area (Å²) in [7, 11) is 5.37. The van der Waals surface area contributed by atoms with E-state index in [0.29, 0.717) is 30.3 Å². The van der Waals surface area contributed by atoms with Gasteiger partial charge in [-0.25, -0.2) is 15.0 Å². The highest BCUT2D eigenvalue weighted by Gasteiger charge is 2.31. The first kappa shape index (κ1) is 23.4. The molecule has 0 atom stereocenters. The number of rotatable bonds is 8. The summed E-state index contributed by atoms with van der Waals surface area (Å²) in [6, 6.07) is 2.01. The molecule has 4 rings (SSSR count). The van der Waals surface area contributed by atoms with Crippen molar-refractivity contribution in [3.8, 4) is 0 Å². The van der Waals surface area contributed by atoms with Gasteiger partial charge in [-0.2, -0.15) is 18.3 Å². The van der Waals surface area contributed by atoms with Crippen molar-refractivity contribution in [2.75, 3.05) is 45.3 Å². The minimum absolute atomic E-state index is 0.0704. The predicted octanol–water partition coefficient (Wildman–Crippen LogP) is 2.58. The number of piperidine rings is 1. The van der Waals surface area contributed by atoms with Crippen molar-refractivity contribution in [3.63, 3.8) is 0 Å². The van der Waals surface area contributed by atoms with Gasteiger partial charge in [0, 0.05) is 46.4 Å². The van der Waals surface area contributed by atoms with Crippen molar-refractivity contribution >= 4 is 17.0 Å². The van der Waals surface area contributed by atoms with Crippen molar-refractivity contribution < 1.29 is 17.9 Å². The topological polar surface area (TPSA) is 77.1 Å². The number of likely N-dealkylation sites (N-methyl/N-ethyl adjacent to an activating group) is 1. The van der Waals surface area contributed by atoms with Crippen LogP contribution in [0.25, 0.3) is 11.2 Å². The summed E-state index contributed by atoms with van der Waals surface area (Å²) >= 11 is 0. The van der Waals surface area contributed by atoms with Gasteiger partial charge in [0.15, 0.2) is 17.0 Å². The Hall–Kier alpha value is -2.73. The van der Waals surface area contributed by atoms with Crippen LogP contribution < -0.4 is 4.90 Å². The average molecular weight is 467 g/mol. The van der Waals surface area contributed by atoms with Crippen LogP contribution in [0.1, 0.15) is 30.3 Å². The largest absolute Gasteiger partial charge is 0.406 e. The maximum Gasteiger partial charge on any atom is 0.406 e. The molecule has 180 valence electrons. The second-order valence-corrected chi connectivity index (χ2v) is 8.48. The van der Waals surface area contributed by atoms with Gasteiger partial charge in [0.05, 0.1) is 18.6 Å². The van der Waals surface area contributed by atoms with Gasteiger partial charge in [-0.15, -0.1) is 0 Å². The fourth-order valence-corrected chi connectivity index (χ4v) is 4.17. The third-order valence-electron chi connectivity index (χ3n) is 6.07. The van der Waals surface area contributed by atoms with Crippen LogP contribution in [0.2, 0.25) is 0 Å². The molecule has 0 saturated carbocycles. The minimum Gasteiger partial charge on any atom is -0.383 e. The third kappa shape index (κ3) is 5.44. The number of alkyl halides is 3. The van der Waals surface area contributed by atoms with Crippen molar-refractivity contribution in [3.05, 3.63) is 30.1 Å². The molecule has 0 bridgehead atoms. The first-order valence-electron chi connectivity index (χ1n) is 10.9. The molecule has 1 saturated heterocycles. The Kier molecular flexibility index (Phi) is 6.84. The first-order chi connectivity index (χ1) is 15.7. The summed E-state index contributed by atoms with van der Waals surface area (Å²) in [6.45, 7) is 2.39. The Morgan fingerprint density at radius 3 is 2.61 bits per heavy atom. The highest BCUT2D eigenvalue weighted by atomic mass is 19.4. The van der Waals surface area contributed by atoms with Gasteiger partial charge in [-0.1, -0.05) is 0 Å². The number of fused-ring (bicyclic) bond motifs is 1. The number of aryl methyl sites for hydroxylation is 1. The highest BCUT2D eigenvalue weighted by Crippen LogP contribution is 2.31. The number of methoxy groups -OCH3 is 1. The molecule has 33 heavy (non-hydrogen) atoms. The summed E-state index contributed by atoms with van der Waals surface area (Å²) in [5.41, 5.74) is 1.73. The van der Waals surface area contributed by atoms with Gasteiger partial charge < -0.3 is 14.2 Å². The Bertz CT molecular complexity index is 1070. The molecule has 0 aromatic carbocycles. The molecule has 12 heteroatoms. The van der Waals surface area contributed by atoms with E-state index in [2.05, 4.69) is 20.0 Å². The summed E-state index contributed by atoms with van der Waals surface area (Å²) in [5, 5.41) is 4.22. The molecular formula is C21H29F3N8O. The zero-order valence-electron chi connectivity index (χ0n) is 19.1. The molecule has 1 fully saturated rings. The van der Waals surface area contributed by atoms with Crippen LogP contribution >= 0.6 is 0 Å². The minimum atomic E-state index is -4.36. The average Bonchev–Trinajstić information content (AvgIpc) is 3.36. The number of likely N-dealkylation sites (tertiary alicyclic amines) is 1. The van der Waals surface area contributed by atoms with Gasteiger partial charge >= 0.3 is 6.18 Å². The lowest BCUT2D eigenvalue weighted by atomic mass is 9.95. The molecule has 3 aromatic heterocycles. The normalized spacial score (nSPS) is 16.1. The second kappa shape index (κ2) is 9.64. The standard InChI is InChI=1S/C21H29F3N8O/c1-29(10-11-33-3)19-17-20(32(14-25-17)13-21(22,23)24)28-18(27-19)15-5-8-31(9-6-15)12-16-4-7-26-30(16)2/h4,7,14-15H,5-6,8-13H2,1-3H3. The van der Waals surface area contributed by atoms with Gasteiger partial charge in [0.1, 0.15) is 12.4 Å². The van der Waals surface area contributed by atoms with E-state index in [1.165, 1.54) is 6.33 Å². The number of anilines is 1. The van der Waals surface area contributed by atoms with Crippen LogP contribution in [-0.2, 0) is 24.9 Å². The number of hydrogen-bond acceptors (Lipinski definition) is 7. The molecule has 4 heterocycles. The van der Waals surface area contributed by atoms with E-state index in [4.69, 9.17) is 9.72 Å². The number of aromatic nitrogens is 6. The summed E-state index contributed by atoms with van der Waals surface area (Å²) in [4.78, 5) is 17.8. The lowest BCUT2D eigenvalue weighted by Crippen LogP contribution is -2.34. The predicted molar refractivity (Wildman–Crippen MR) is 117 cm³/mol. The van der Waals surface area contributed by atoms with E-state index in [0.717, 1.165) is 42.7 Å². The summed E-state index contributed by atoms with van der Waals surface area (Å²) in [5.74, 6) is 1.18. The van der Waals surface area contributed by atoms with E-state index < -0.39 is 12.7 Å². The third-order valence-corrected chi connectivity index (χ3v) is 6.07. The molecule has 3 aromatic rings. The van der Waals surface area contributed by atoms with Crippen molar-refractivity contribution in [1.82, 2.24) is 34.2 Å². The maximum absolute atomic E-state index is 13.1. The molecule has 0 amide bonds. The van der Waals surface area contributed by atoms with Crippen LogP contribution in [0.15, 0.2) is 18.6 Å². The Labute approximate surface area is 190 Å². The van der Waals surface area contributed by atoms with E-state index in [9.17, 15) is 13.2 Å². The van der Waals surface area contributed by atoms with Crippen molar-refractivity contribution in [2.24, 2.45) is 7.05 Å².